The van der Waals surface area contributed by atoms with Crippen molar-refractivity contribution in [1.29, 1.82) is 10.8 Å². The molecule has 0 radical (unpaired) electrons. The largest absolute Gasteiger partial charge is 0.399 e. The topological polar surface area (TPSA) is 149 Å². The van der Waals surface area contributed by atoms with Gasteiger partial charge >= 0.3 is 0 Å². The molecular weight excluding hydrogens is 352 g/mol. The minimum absolute atomic E-state index is 0.190. The smallest absolute Gasteiger partial charge is 0.133 e. The van der Waals surface area contributed by atoms with E-state index in [4.69, 9.17) is 22.3 Å². The van der Waals surface area contributed by atoms with Crippen LogP contribution >= 0.6 is 0 Å². The van der Waals surface area contributed by atoms with Gasteiger partial charge in [-0.1, -0.05) is 0 Å². The lowest BCUT2D eigenvalue weighted by atomic mass is 10.0. The van der Waals surface area contributed by atoms with Crippen LogP contribution in [0.15, 0.2) is 58.8 Å². The van der Waals surface area contributed by atoms with E-state index in [0.717, 1.165) is 11.4 Å². The van der Waals surface area contributed by atoms with Crippen LogP contribution in [0.25, 0.3) is 0 Å². The Morgan fingerprint density at radius 1 is 0.679 bits per heavy atom. The van der Waals surface area contributed by atoms with Crippen LogP contribution in [0.2, 0.25) is 0 Å². The van der Waals surface area contributed by atoms with Gasteiger partial charge < -0.3 is 22.1 Å². The molecule has 2 aromatic carbocycles. The highest BCUT2D eigenvalue weighted by atomic mass is 15.2. The monoisotopic (exact) mass is 380 g/mol. The van der Waals surface area contributed by atoms with Crippen LogP contribution in [-0.2, 0) is 0 Å². The third-order valence-corrected chi connectivity index (χ3v) is 4.13. The number of amidine groups is 2. The molecule has 0 aliphatic heterocycles. The zero-order valence-electron chi connectivity index (χ0n) is 16.7. The number of benzene rings is 2. The van der Waals surface area contributed by atoms with Gasteiger partial charge in [-0.2, -0.15) is 10.2 Å². The molecule has 148 valence electrons. The van der Waals surface area contributed by atoms with Crippen LogP contribution < -0.4 is 22.1 Å². The molecule has 0 spiro atoms. The Morgan fingerprint density at radius 2 is 0.964 bits per heavy atom. The number of nitrogen functional groups attached to an aromatic ring is 2. The van der Waals surface area contributed by atoms with E-state index >= 15 is 0 Å². The molecule has 0 bridgehead atoms. The molecule has 0 fully saturated rings. The third-order valence-electron chi connectivity index (χ3n) is 4.13. The standard InChI is InChI=1S/C20H28N8/c1-19(2,17(23)25-15-9-5-13(21)6-10-15)27-28-20(3,4)18(24)26-16-11-7-14(22)8-12-16/h5-12H,21-22H2,1-4H3,(H2,23,25)(H2,24,26). The van der Waals surface area contributed by atoms with Crippen molar-refractivity contribution in [2.75, 3.05) is 22.1 Å². The molecule has 8 heteroatoms. The minimum atomic E-state index is -0.889. The van der Waals surface area contributed by atoms with Crippen molar-refractivity contribution in [2.24, 2.45) is 10.2 Å². The van der Waals surface area contributed by atoms with Crippen molar-refractivity contribution in [2.45, 2.75) is 38.8 Å². The van der Waals surface area contributed by atoms with Gasteiger partial charge in [0.05, 0.1) is 0 Å². The molecule has 0 unspecified atom stereocenters. The Labute approximate surface area is 165 Å². The summed E-state index contributed by atoms with van der Waals surface area (Å²) >= 11 is 0. The van der Waals surface area contributed by atoms with Gasteiger partial charge in [0.15, 0.2) is 0 Å². The zero-order valence-corrected chi connectivity index (χ0v) is 16.7. The molecule has 0 atom stereocenters. The number of nitrogens with two attached hydrogens (primary N) is 2. The van der Waals surface area contributed by atoms with Gasteiger partial charge in [0.1, 0.15) is 22.7 Å². The number of hydrogen-bond acceptors (Lipinski definition) is 6. The zero-order chi connectivity index (χ0) is 20.9. The second-order valence-electron chi connectivity index (χ2n) is 7.56. The fourth-order valence-electron chi connectivity index (χ4n) is 2.08. The maximum Gasteiger partial charge on any atom is 0.133 e. The maximum absolute atomic E-state index is 8.32. The van der Waals surface area contributed by atoms with Crippen LogP contribution in [0.1, 0.15) is 27.7 Å². The summed E-state index contributed by atoms with van der Waals surface area (Å²) in [6.07, 6.45) is 0. The first kappa shape index (κ1) is 20.9. The molecule has 0 aromatic heterocycles. The van der Waals surface area contributed by atoms with Crippen molar-refractivity contribution in [3.63, 3.8) is 0 Å². The minimum Gasteiger partial charge on any atom is -0.399 e. The first-order valence-electron chi connectivity index (χ1n) is 8.87. The van der Waals surface area contributed by atoms with Gasteiger partial charge in [0.2, 0.25) is 0 Å². The van der Waals surface area contributed by atoms with Crippen molar-refractivity contribution in [1.82, 2.24) is 0 Å². The molecule has 0 saturated carbocycles. The fourth-order valence-corrected chi connectivity index (χ4v) is 2.08. The van der Waals surface area contributed by atoms with Crippen molar-refractivity contribution >= 4 is 34.4 Å². The predicted molar refractivity (Wildman–Crippen MR) is 117 cm³/mol. The lowest BCUT2D eigenvalue weighted by molar-refractivity contribution is 0.561. The molecule has 2 rings (SSSR count). The van der Waals surface area contributed by atoms with Gasteiger partial charge in [-0.3, -0.25) is 10.8 Å². The normalized spacial score (nSPS) is 12.0. The molecular formula is C20H28N8. The summed E-state index contributed by atoms with van der Waals surface area (Å²) in [7, 11) is 0. The van der Waals surface area contributed by atoms with E-state index in [1.165, 1.54) is 0 Å². The van der Waals surface area contributed by atoms with Crippen molar-refractivity contribution in [3.8, 4) is 0 Å². The molecule has 28 heavy (non-hydrogen) atoms. The Hall–Kier alpha value is -3.42. The molecule has 0 saturated heterocycles. The Bertz CT molecular complexity index is 791. The highest BCUT2D eigenvalue weighted by Crippen LogP contribution is 2.21. The molecule has 0 heterocycles. The van der Waals surface area contributed by atoms with Crippen LogP contribution in [-0.4, -0.2) is 22.7 Å². The third kappa shape index (κ3) is 5.54. The highest BCUT2D eigenvalue weighted by Gasteiger charge is 2.28. The van der Waals surface area contributed by atoms with Crippen molar-refractivity contribution in [3.05, 3.63) is 48.5 Å². The lowest BCUT2D eigenvalue weighted by Crippen LogP contribution is -2.38. The Balaban J connectivity index is 2.05. The number of anilines is 4. The molecule has 0 amide bonds. The van der Waals surface area contributed by atoms with Crippen LogP contribution in [0.5, 0.6) is 0 Å². The molecule has 0 aliphatic carbocycles. The Kier molecular flexibility index (Phi) is 6.03. The molecule has 0 aliphatic rings. The van der Waals surface area contributed by atoms with Crippen molar-refractivity contribution < 1.29 is 0 Å². The average molecular weight is 381 g/mol. The SMILES string of the molecule is CC(C)(N=NC(C)(C)C(=N)Nc1ccc(N)cc1)C(=N)Nc1ccc(N)cc1. The number of azo groups is 1. The first-order valence-corrected chi connectivity index (χ1v) is 8.87. The number of rotatable bonds is 6. The quantitative estimate of drug-likeness (QED) is 0.191. The van der Waals surface area contributed by atoms with Gasteiger partial charge in [-0.05, 0) is 76.2 Å². The summed E-state index contributed by atoms with van der Waals surface area (Å²) in [6, 6.07) is 14.2. The van der Waals surface area contributed by atoms with Crippen LogP contribution in [0.4, 0.5) is 22.7 Å². The lowest BCUT2D eigenvalue weighted by Gasteiger charge is -2.25. The summed E-state index contributed by atoms with van der Waals surface area (Å²) in [5.41, 5.74) is 12.4. The summed E-state index contributed by atoms with van der Waals surface area (Å²) in [6.45, 7) is 7.15. The summed E-state index contributed by atoms with van der Waals surface area (Å²) in [5.74, 6) is 0.379. The molecule has 8 nitrogen and oxygen atoms in total. The first-order chi connectivity index (χ1) is 13.0. The van der Waals surface area contributed by atoms with Gasteiger partial charge in [-0.25, -0.2) is 0 Å². The van der Waals surface area contributed by atoms with E-state index in [2.05, 4.69) is 20.9 Å². The van der Waals surface area contributed by atoms with E-state index in [1.807, 2.05) is 0 Å². The average Bonchev–Trinajstić information content (AvgIpc) is 2.64. The van der Waals surface area contributed by atoms with E-state index < -0.39 is 11.1 Å². The second kappa shape index (κ2) is 8.08. The highest BCUT2D eigenvalue weighted by molar-refractivity contribution is 6.01. The van der Waals surface area contributed by atoms with E-state index in [9.17, 15) is 0 Å². The maximum atomic E-state index is 8.32. The van der Waals surface area contributed by atoms with E-state index in [-0.39, 0.29) is 11.7 Å². The fraction of sp³-hybridized carbons (Fsp3) is 0.300. The van der Waals surface area contributed by atoms with Gasteiger partial charge in [0.25, 0.3) is 0 Å². The number of hydrogen-bond donors (Lipinski definition) is 6. The van der Waals surface area contributed by atoms with E-state index in [0.29, 0.717) is 11.4 Å². The molecule has 2 aromatic rings. The number of nitrogens with zero attached hydrogens (tertiary/aromatic N) is 2. The van der Waals surface area contributed by atoms with Gasteiger partial charge in [-0.15, -0.1) is 0 Å². The summed E-state index contributed by atoms with van der Waals surface area (Å²) in [5, 5.41) is 31.3. The predicted octanol–water partition coefficient (Wildman–Crippen LogP) is 4.34. The van der Waals surface area contributed by atoms with Gasteiger partial charge in [0, 0.05) is 22.7 Å². The van der Waals surface area contributed by atoms with Crippen LogP contribution in [0, 0.1) is 10.8 Å². The Morgan fingerprint density at radius 3 is 1.25 bits per heavy atom. The summed E-state index contributed by atoms with van der Waals surface area (Å²) in [4.78, 5) is 0. The molecule has 8 N–H and O–H groups in total. The summed E-state index contributed by atoms with van der Waals surface area (Å²) < 4.78 is 0. The number of nitrogens with one attached hydrogen (secondary N) is 4. The second-order valence-corrected chi connectivity index (χ2v) is 7.56. The van der Waals surface area contributed by atoms with E-state index in [1.54, 1.807) is 76.2 Å². The van der Waals surface area contributed by atoms with Crippen LogP contribution in [0.3, 0.4) is 0 Å².